The Morgan fingerprint density at radius 1 is 1.14 bits per heavy atom. The van der Waals surface area contributed by atoms with Crippen molar-refractivity contribution in [3.8, 4) is 0 Å². The molecule has 0 unspecified atom stereocenters. The van der Waals surface area contributed by atoms with E-state index in [9.17, 15) is 8.42 Å². The maximum atomic E-state index is 11.1. The standard InChI is InChI=1S/C16H26N2O2S/c1-12(2)14-5-9-16(10-6-14)18-15-7-3-13(4-8-15)11-21(17,19)20/h3-4,7-8,12,14,16,18H,5-6,9-11H2,1-2H3,(H2,17,19,20). The SMILES string of the molecule is CC(C)C1CCC(Nc2ccc(CS(N)(=O)=O)cc2)CC1. The zero-order chi connectivity index (χ0) is 15.5. The third-order valence-corrected chi connectivity index (χ3v) is 5.14. The van der Waals surface area contributed by atoms with Gasteiger partial charge in [-0.25, -0.2) is 13.6 Å². The van der Waals surface area contributed by atoms with Gasteiger partial charge in [-0.2, -0.15) is 0 Å². The van der Waals surface area contributed by atoms with E-state index in [1.807, 2.05) is 24.3 Å². The van der Waals surface area contributed by atoms with Gasteiger partial charge in [-0.05, 0) is 55.2 Å². The fourth-order valence-electron chi connectivity index (χ4n) is 3.10. The quantitative estimate of drug-likeness (QED) is 0.877. The van der Waals surface area contributed by atoms with Crippen molar-refractivity contribution in [2.45, 2.75) is 51.3 Å². The lowest BCUT2D eigenvalue weighted by Gasteiger charge is -2.31. The van der Waals surface area contributed by atoms with Crippen molar-refractivity contribution in [2.75, 3.05) is 5.32 Å². The lowest BCUT2D eigenvalue weighted by Crippen LogP contribution is -2.27. The van der Waals surface area contributed by atoms with E-state index in [-0.39, 0.29) is 5.75 Å². The maximum Gasteiger partial charge on any atom is 0.213 e. The van der Waals surface area contributed by atoms with Crippen LogP contribution < -0.4 is 10.5 Å². The van der Waals surface area contributed by atoms with Crippen LogP contribution in [0.1, 0.15) is 45.1 Å². The second kappa shape index (κ2) is 6.79. The lowest BCUT2D eigenvalue weighted by molar-refractivity contribution is 0.267. The summed E-state index contributed by atoms with van der Waals surface area (Å²) in [6.45, 7) is 4.62. The van der Waals surface area contributed by atoms with Crippen LogP contribution in [-0.2, 0) is 15.8 Å². The highest BCUT2D eigenvalue weighted by molar-refractivity contribution is 7.88. The minimum Gasteiger partial charge on any atom is -0.382 e. The number of primary sulfonamides is 1. The molecule has 5 heteroatoms. The number of nitrogens with one attached hydrogen (secondary N) is 1. The molecule has 0 amide bonds. The molecule has 2 rings (SSSR count). The van der Waals surface area contributed by atoms with E-state index in [4.69, 9.17) is 5.14 Å². The number of anilines is 1. The van der Waals surface area contributed by atoms with E-state index in [1.165, 1.54) is 25.7 Å². The van der Waals surface area contributed by atoms with Crippen molar-refractivity contribution in [2.24, 2.45) is 17.0 Å². The van der Waals surface area contributed by atoms with Crippen LogP contribution in [0.15, 0.2) is 24.3 Å². The van der Waals surface area contributed by atoms with E-state index >= 15 is 0 Å². The maximum absolute atomic E-state index is 11.1. The summed E-state index contributed by atoms with van der Waals surface area (Å²) in [6.07, 6.45) is 5.00. The highest BCUT2D eigenvalue weighted by atomic mass is 32.2. The van der Waals surface area contributed by atoms with Crippen LogP contribution >= 0.6 is 0 Å². The first-order valence-electron chi connectivity index (χ1n) is 7.69. The molecule has 0 aliphatic heterocycles. The van der Waals surface area contributed by atoms with Crippen LogP contribution in [0.25, 0.3) is 0 Å². The largest absolute Gasteiger partial charge is 0.382 e. The van der Waals surface area contributed by atoms with Gasteiger partial charge >= 0.3 is 0 Å². The van der Waals surface area contributed by atoms with Crippen LogP contribution in [0.5, 0.6) is 0 Å². The van der Waals surface area contributed by atoms with Crippen molar-refractivity contribution in [1.29, 1.82) is 0 Å². The summed E-state index contributed by atoms with van der Waals surface area (Å²) in [6, 6.07) is 8.06. The van der Waals surface area contributed by atoms with Crippen molar-refractivity contribution in [1.82, 2.24) is 0 Å². The van der Waals surface area contributed by atoms with Crippen molar-refractivity contribution in [3.05, 3.63) is 29.8 Å². The molecule has 0 radical (unpaired) electrons. The smallest absolute Gasteiger partial charge is 0.213 e. The molecule has 1 aromatic rings. The Balaban J connectivity index is 1.87. The van der Waals surface area contributed by atoms with Gasteiger partial charge in [0.25, 0.3) is 0 Å². The van der Waals surface area contributed by atoms with Crippen molar-refractivity contribution in [3.63, 3.8) is 0 Å². The third kappa shape index (κ3) is 5.32. The number of nitrogens with two attached hydrogens (primary N) is 1. The molecule has 0 spiro atoms. The summed E-state index contributed by atoms with van der Waals surface area (Å²) in [5.74, 6) is 1.54. The summed E-state index contributed by atoms with van der Waals surface area (Å²) >= 11 is 0. The molecular weight excluding hydrogens is 284 g/mol. The fraction of sp³-hybridized carbons (Fsp3) is 0.625. The van der Waals surface area contributed by atoms with Crippen LogP contribution in [0.2, 0.25) is 0 Å². The zero-order valence-corrected chi connectivity index (χ0v) is 13.7. The number of hydrogen-bond acceptors (Lipinski definition) is 3. The van der Waals surface area contributed by atoms with Gasteiger partial charge in [-0.3, -0.25) is 0 Å². The highest BCUT2D eigenvalue weighted by Gasteiger charge is 2.22. The van der Waals surface area contributed by atoms with Gasteiger partial charge in [0.05, 0.1) is 5.75 Å². The Bertz CT molecular complexity index is 544. The molecule has 118 valence electrons. The first-order chi connectivity index (χ1) is 9.83. The number of rotatable bonds is 5. The molecule has 1 saturated carbocycles. The molecule has 3 N–H and O–H groups in total. The molecule has 1 aliphatic rings. The first kappa shape index (κ1) is 16.3. The monoisotopic (exact) mass is 310 g/mol. The fourth-order valence-corrected chi connectivity index (χ4v) is 3.75. The Morgan fingerprint density at radius 2 is 1.71 bits per heavy atom. The third-order valence-electron chi connectivity index (χ3n) is 4.41. The topological polar surface area (TPSA) is 72.2 Å². The van der Waals surface area contributed by atoms with E-state index < -0.39 is 10.0 Å². The first-order valence-corrected chi connectivity index (χ1v) is 9.41. The van der Waals surface area contributed by atoms with Crippen LogP contribution in [0.4, 0.5) is 5.69 Å². The van der Waals surface area contributed by atoms with Crippen molar-refractivity contribution >= 4 is 15.7 Å². The average molecular weight is 310 g/mol. The molecule has 21 heavy (non-hydrogen) atoms. The van der Waals surface area contributed by atoms with Gasteiger partial charge in [0, 0.05) is 11.7 Å². The Labute approximate surface area is 128 Å². The number of benzene rings is 1. The summed E-state index contributed by atoms with van der Waals surface area (Å²) in [5.41, 5.74) is 1.78. The molecule has 0 aromatic heterocycles. The molecule has 1 aromatic carbocycles. The van der Waals surface area contributed by atoms with Crippen LogP contribution in [0, 0.1) is 11.8 Å². The Kier molecular flexibility index (Phi) is 5.27. The van der Waals surface area contributed by atoms with Gasteiger partial charge in [0.2, 0.25) is 10.0 Å². The van der Waals surface area contributed by atoms with Crippen molar-refractivity contribution < 1.29 is 8.42 Å². The van der Waals surface area contributed by atoms with E-state index in [1.54, 1.807) is 0 Å². The summed E-state index contributed by atoms with van der Waals surface area (Å²) in [5, 5.41) is 8.60. The predicted octanol–water partition coefficient (Wildman–Crippen LogP) is 3.10. The molecule has 0 saturated heterocycles. The molecule has 0 heterocycles. The van der Waals surface area contributed by atoms with Crippen LogP contribution in [0.3, 0.4) is 0 Å². The van der Waals surface area contributed by atoms with E-state index in [0.29, 0.717) is 6.04 Å². The molecular formula is C16H26N2O2S. The van der Waals surface area contributed by atoms with Gasteiger partial charge in [0.1, 0.15) is 0 Å². The summed E-state index contributed by atoms with van der Waals surface area (Å²) in [7, 11) is -3.45. The molecule has 4 nitrogen and oxygen atoms in total. The highest BCUT2D eigenvalue weighted by Crippen LogP contribution is 2.31. The molecule has 1 aliphatic carbocycles. The number of hydrogen-bond donors (Lipinski definition) is 2. The zero-order valence-electron chi connectivity index (χ0n) is 12.9. The summed E-state index contributed by atoms with van der Waals surface area (Å²) in [4.78, 5) is 0. The minimum atomic E-state index is -3.45. The Morgan fingerprint density at radius 3 is 2.19 bits per heavy atom. The lowest BCUT2D eigenvalue weighted by atomic mass is 9.79. The molecule has 0 bridgehead atoms. The van der Waals surface area contributed by atoms with Gasteiger partial charge in [-0.1, -0.05) is 26.0 Å². The Hall–Kier alpha value is -1.07. The van der Waals surface area contributed by atoms with Gasteiger partial charge in [0.15, 0.2) is 0 Å². The van der Waals surface area contributed by atoms with Crippen LogP contribution in [-0.4, -0.2) is 14.5 Å². The normalized spacial score (nSPS) is 23.2. The average Bonchev–Trinajstić information content (AvgIpc) is 2.40. The molecule has 1 fully saturated rings. The second-order valence-corrected chi connectivity index (χ2v) is 8.12. The van der Waals surface area contributed by atoms with E-state index in [0.717, 1.165) is 23.1 Å². The van der Waals surface area contributed by atoms with E-state index in [2.05, 4.69) is 19.2 Å². The second-order valence-electron chi connectivity index (χ2n) is 6.50. The predicted molar refractivity (Wildman–Crippen MR) is 87.5 cm³/mol. The van der Waals surface area contributed by atoms with Gasteiger partial charge < -0.3 is 5.32 Å². The van der Waals surface area contributed by atoms with Gasteiger partial charge in [-0.15, -0.1) is 0 Å². The number of sulfonamides is 1. The summed E-state index contributed by atoms with van der Waals surface area (Å²) < 4.78 is 22.1. The minimum absolute atomic E-state index is 0.104. The molecule has 0 atom stereocenters.